The average molecular weight is 404 g/mol. The van der Waals surface area contributed by atoms with Gasteiger partial charge in [0, 0.05) is 31.5 Å². The first-order valence-corrected chi connectivity index (χ1v) is 9.36. The number of nitrogens with zero attached hydrogens (tertiary/aromatic N) is 2. The fourth-order valence-electron chi connectivity index (χ4n) is 2.48. The summed E-state index contributed by atoms with van der Waals surface area (Å²) in [4.78, 5) is 26.1. The molecule has 1 aliphatic heterocycles. The molecule has 0 saturated carbocycles. The van der Waals surface area contributed by atoms with E-state index >= 15 is 0 Å². The maximum absolute atomic E-state index is 13.9. The van der Waals surface area contributed by atoms with Gasteiger partial charge >= 0.3 is 0 Å². The quantitative estimate of drug-likeness (QED) is 0.340. The van der Waals surface area contributed by atoms with E-state index in [0.29, 0.717) is 20.8 Å². The highest BCUT2D eigenvalue weighted by atomic mass is 32.1. The molecule has 3 heterocycles. The van der Waals surface area contributed by atoms with E-state index in [-0.39, 0.29) is 17.2 Å². The SMILES string of the molecule is C1CCOC1.CC(=O)c1cc2nccc(Oc3ccc([N+](=O)[O-])cc3F)c2s1. The first-order valence-electron chi connectivity index (χ1n) is 8.54. The lowest BCUT2D eigenvalue weighted by molar-refractivity contribution is -0.385. The maximum Gasteiger partial charge on any atom is 0.272 e. The summed E-state index contributed by atoms with van der Waals surface area (Å²) in [6.07, 6.45) is 4.04. The third-order valence-corrected chi connectivity index (χ3v) is 5.14. The van der Waals surface area contributed by atoms with Crippen LogP contribution >= 0.6 is 11.3 Å². The van der Waals surface area contributed by atoms with Crippen LogP contribution in [-0.4, -0.2) is 28.9 Å². The molecule has 28 heavy (non-hydrogen) atoms. The predicted molar refractivity (Wildman–Crippen MR) is 103 cm³/mol. The number of carbonyl (C=O) groups is 1. The molecule has 0 aliphatic carbocycles. The van der Waals surface area contributed by atoms with Crippen molar-refractivity contribution in [1.29, 1.82) is 0 Å². The minimum Gasteiger partial charge on any atom is -0.453 e. The first kappa shape index (κ1) is 19.8. The van der Waals surface area contributed by atoms with E-state index < -0.39 is 10.7 Å². The Morgan fingerprint density at radius 2 is 2.00 bits per heavy atom. The summed E-state index contributed by atoms with van der Waals surface area (Å²) in [6, 6.07) is 6.33. The van der Waals surface area contributed by atoms with E-state index in [1.165, 1.54) is 43.4 Å². The number of nitro benzene ring substituents is 1. The number of ketones is 1. The number of rotatable bonds is 4. The van der Waals surface area contributed by atoms with Crippen molar-refractivity contribution < 1.29 is 23.6 Å². The van der Waals surface area contributed by atoms with Crippen LogP contribution in [0.15, 0.2) is 36.5 Å². The van der Waals surface area contributed by atoms with Crippen molar-refractivity contribution in [2.24, 2.45) is 0 Å². The fourth-order valence-corrected chi connectivity index (χ4v) is 3.44. The van der Waals surface area contributed by atoms with Gasteiger partial charge in [0.2, 0.25) is 0 Å². The number of pyridine rings is 1. The van der Waals surface area contributed by atoms with Crippen molar-refractivity contribution in [1.82, 2.24) is 4.98 Å². The molecule has 0 unspecified atom stereocenters. The molecule has 7 nitrogen and oxygen atoms in total. The highest BCUT2D eigenvalue weighted by molar-refractivity contribution is 7.21. The van der Waals surface area contributed by atoms with Gasteiger partial charge in [-0.3, -0.25) is 19.9 Å². The lowest BCUT2D eigenvalue weighted by Gasteiger charge is -2.07. The van der Waals surface area contributed by atoms with Crippen LogP contribution in [0.5, 0.6) is 11.5 Å². The van der Waals surface area contributed by atoms with Crippen LogP contribution in [0.1, 0.15) is 29.4 Å². The number of non-ortho nitro benzene ring substituents is 1. The number of ether oxygens (including phenoxy) is 2. The number of hydrogen-bond donors (Lipinski definition) is 0. The lowest BCUT2D eigenvalue weighted by atomic mass is 10.3. The summed E-state index contributed by atoms with van der Waals surface area (Å²) in [6.45, 7) is 3.45. The summed E-state index contributed by atoms with van der Waals surface area (Å²) in [5.41, 5.74) is 0.213. The monoisotopic (exact) mass is 404 g/mol. The van der Waals surface area contributed by atoms with Crippen molar-refractivity contribution in [3.05, 3.63) is 57.3 Å². The Labute approximate surface area is 163 Å². The first-order chi connectivity index (χ1) is 13.5. The molecule has 1 aromatic carbocycles. The Balaban J connectivity index is 0.000000391. The Morgan fingerprint density at radius 1 is 1.25 bits per heavy atom. The molecule has 0 amide bonds. The molecule has 0 bridgehead atoms. The van der Waals surface area contributed by atoms with Gasteiger partial charge in [-0.15, -0.1) is 11.3 Å². The van der Waals surface area contributed by atoms with Gasteiger partial charge in [0.1, 0.15) is 5.75 Å². The molecule has 0 radical (unpaired) electrons. The van der Waals surface area contributed by atoms with E-state index in [4.69, 9.17) is 9.47 Å². The third kappa shape index (κ3) is 4.68. The molecule has 1 aliphatic rings. The van der Waals surface area contributed by atoms with Gasteiger partial charge in [0.15, 0.2) is 17.3 Å². The molecule has 0 atom stereocenters. The number of carbonyl (C=O) groups excluding carboxylic acids is 1. The van der Waals surface area contributed by atoms with Crippen LogP contribution < -0.4 is 4.74 Å². The van der Waals surface area contributed by atoms with Gasteiger partial charge in [-0.2, -0.15) is 0 Å². The molecule has 1 fully saturated rings. The lowest BCUT2D eigenvalue weighted by Crippen LogP contribution is -1.92. The number of nitro groups is 1. The molecule has 0 spiro atoms. The van der Waals surface area contributed by atoms with Crippen molar-refractivity contribution >= 4 is 33.0 Å². The number of thiophene rings is 1. The van der Waals surface area contributed by atoms with E-state index in [1.54, 1.807) is 12.1 Å². The highest BCUT2D eigenvalue weighted by Gasteiger charge is 2.15. The Hall–Kier alpha value is -2.91. The van der Waals surface area contributed by atoms with Crippen LogP contribution in [0, 0.1) is 15.9 Å². The molecular formula is C19H17FN2O5S. The van der Waals surface area contributed by atoms with Crippen molar-refractivity contribution in [3.8, 4) is 11.5 Å². The summed E-state index contributed by atoms with van der Waals surface area (Å²) in [5, 5.41) is 10.6. The topological polar surface area (TPSA) is 91.6 Å². The van der Waals surface area contributed by atoms with Crippen LogP contribution in [0.3, 0.4) is 0 Å². The van der Waals surface area contributed by atoms with E-state index in [9.17, 15) is 19.3 Å². The van der Waals surface area contributed by atoms with Gasteiger partial charge in [-0.05, 0) is 31.9 Å². The van der Waals surface area contributed by atoms with Gasteiger partial charge in [0.25, 0.3) is 5.69 Å². The zero-order valence-corrected chi connectivity index (χ0v) is 15.8. The highest BCUT2D eigenvalue weighted by Crippen LogP contribution is 2.36. The smallest absolute Gasteiger partial charge is 0.272 e. The second kappa shape index (κ2) is 8.85. The predicted octanol–water partition coefficient (Wildman–Crippen LogP) is 5.14. The third-order valence-electron chi connectivity index (χ3n) is 3.90. The zero-order valence-electron chi connectivity index (χ0n) is 15.0. The van der Waals surface area contributed by atoms with Gasteiger partial charge in [-0.1, -0.05) is 0 Å². The maximum atomic E-state index is 13.9. The largest absolute Gasteiger partial charge is 0.453 e. The van der Waals surface area contributed by atoms with Gasteiger partial charge in [0.05, 0.1) is 26.1 Å². The van der Waals surface area contributed by atoms with Crippen LogP contribution in [0.4, 0.5) is 10.1 Å². The van der Waals surface area contributed by atoms with Crippen molar-refractivity contribution in [2.45, 2.75) is 19.8 Å². The number of halogens is 1. The van der Waals surface area contributed by atoms with Crippen LogP contribution in [0.25, 0.3) is 10.2 Å². The number of benzene rings is 1. The standard InChI is InChI=1S/C15H9FN2O4S.C4H8O/c1-8(19)14-7-11-15(23-14)13(4-5-17-11)22-12-3-2-9(18(20)21)6-10(12)16;1-2-4-5-3-1/h2-7H,1H3;1-4H2. The molecule has 146 valence electrons. The Bertz CT molecular complexity index is 1010. The second-order valence-corrected chi connectivity index (χ2v) is 7.04. The Kier molecular flexibility index (Phi) is 6.27. The Morgan fingerprint density at radius 3 is 2.57 bits per heavy atom. The number of fused-ring (bicyclic) bond motifs is 1. The molecule has 9 heteroatoms. The summed E-state index contributed by atoms with van der Waals surface area (Å²) in [7, 11) is 0. The number of hydrogen-bond acceptors (Lipinski definition) is 7. The van der Waals surface area contributed by atoms with Crippen LogP contribution in [-0.2, 0) is 4.74 Å². The number of aromatic nitrogens is 1. The number of Topliss-reactive ketones (excluding diaryl/α,β-unsaturated/α-hetero) is 1. The molecule has 3 aromatic rings. The zero-order chi connectivity index (χ0) is 20.1. The fraction of sp³-hybridized carbons (Fsp3) is 0.263. The van der Waals surface area contributed by atoms with Crippen molar-refractivity contribution in [2.75, 3.05) is 13.2 Å². The van der Waals surface area contributed by atoms with Crippen LogP contribution in [0.2, 0.25) is 0 Å². The van der Waals surface area contributed by atoms with Crippen molar-refractivity contribution in [3.63, 3.8) is 0 Å². The second-order valence-electron chi connectivity index (χ2n) is 5.98. The molecule has 1 saturated heterocycles. The van der Waals surface area contributed by atoms with E-state index in [1.807, 2.05) is 0 Å². The minimum atomic E-state index is -0.840. The van der Waals surface area contributed by atoms with Gasteiger partial charge in [-0.25, -0.2) is 4.39 Å². The molecule has 4 rings (SSSR count). The normalized spacial score (nSPS) is 13.1. The summed E-state index contributed by atoms with van der Waals surface area (Å²) >= 11 is 1.20. The molecule has 0 N–H and O–H groups in total. The summed E-state index contributed by atoms with van der Waals surface area (Å²) < 4.78 is 25.0. The van der Waals surface area contributed by atoms with Gasteiger partial charge < -0.3 is 9.47 Å². The average Bonchev–Trinajstić information content (AvgIpc) is 3.36. The minimum absolute atomic E-state index is 0.0968. The van der Waals surface area contributed by atoms with E-state index in [0.717, 1.165) is 25.3 Å². The van der Waals surface area contributed by atoms with E-state index in [2.05, 4.69) is 4.98 Å². The molecule has 2 aromatic heterocycles. The summed E-state index contributed by atoms with van der Waals surface area (Å²) in [5.74, 6) is -0.742. The molecular weight excluding hydrogens is 387 g/mol.